The van der Waals surface area contributed by atoms with Crippen molar-refractivity contribution in [2.24, 2.45) is 0 Å². The van der Waals surface area contributed by atoms with Crippen LogP contribution in [0.2, 0.25) is 0 Å². The zero-order valence-corrected chi connectivity index (χ0v) is 16.5. The van der Waals surface area contributed by atoms with E-state index in [4.69, 9.17) is 9.47 Å². The van der Waals surface area contributed by atoms with Gasteiger partial charge in [-0.3, -0.25) is 4.90 Å². The van der Waals surface area contributed by atoms with Gasteiger partial charge in [-0.05, 0) is 49.7 Å². The molecule has 6 nitrogen and oxygen atoms in total. The number of pyridine rings is 1. The number of rotatable bonds is 8. The van der Waals surface area contributed by atoms with Crippen LogP contribution in [-0.4, -0.2) is 61.0 Å². The second kappa shape index (κ2) is 8.97. The normalized spacial score (nSPS) is 15.1. The van der Waals surface area contributed by atoms with E-state index in [-0.39, 0.29) is 0 Å². The monoisotopic (exact) mass is 380 g/mol. The van der Waals surface area contributed by atoms with Crippen LogP contribution in [0, 0.1) is 0 Å². The van der Waals surface area contributed by atoms with E-state index in [2.05, 4.69) is 33.1 Å². The van der Waals surface area contributed by atoms with Crippen molar-refractivity contribution in [2.75, 3.05) is 51.3 Å². The number of hydrogen-bond donors (Lipinski definition) is 0. The van der Waals surface area contributed by atoms with Crippen LogP contribution in [0.3, 0.4) is 0 Å². The van der Waals surface area contributed by atoms with Crippen LogP contribution < -0.4 is 14.4 Å². The third-order valence-electron chi connectivity index (χ3n) is 5.31. The van der Waals surface area contributed by atoms with Gasteiger partial charge in [0.15, 0.2) is 0 Å². The number of methoxy groups -OCH3 is 1. The molecule has 0 radical (unpaired) electrons. The molecule has 0 saturated carbocycles. The van der Waals surface area contributed by atoms with Gasteiger partial charge in [0.2, 0.25) is 0 Å². The fourth-order valence-electron chi connectivity index (χ4n) is 3.70. The number of aromatic nitrogens is 2. The average molecular weight is 380 g/mol. The van der Waals surface area contributed by atoms with Gasteiger partial charge in [0.25, 0.3) is 0 Å². The summed E-state index contributed by atoms with van der Waals surface area (Å²) in [6.07, 6.45) is 5.95. The fraction of sp³-hybridized carbons (Fsp3) is 0.409. The highest BCUT2D eigenvalue weighted by atomic mass is 16.5. The van der Waals surface area contributed by atoms with Crippen molar-refractivity contribution in [1.82, 2.24) is 14.5 Å². The molecule has 0 spiro atoms. The van der Waals surface area contributed by atoms with E-state index >= 15 is 0 Å². The van der Waals surface area contributed by atoms with Gasteiger partial charge in [0.05, 0.1) is 19.9 Å². The minimum atomic E-state index is 0.745. The van der Waals surface area contributed by atoms with E-state index in [9.17, 15) is 0 Å². The van der Waals surface area contributed by atoms with Crippen LogP contribution in [0.4, 0.5) is 5.69 Å². The van der Waals surface area contributed by atoms with Crippen molar-refractivity contribution in [1.29, 1.82) is 0 Å². The highest BCUT2D eigenvalue weighted by Crippen LogP contribution is 2.22. The van der Waals surface area contributed by atoms with Gasteiger partial charge < -0.3 is 14.4 Å². The van der Waals surface area contributed by atoms with Crippen LogP contribution in [0.1, 0.15) is 12.8 Å². The first-order valence-corrected chi connectivity index (χ1v) is 10.00. The van der Waals surface area contributed by atoms with E-state index in [1.165, 1.54) is 5.69 Å². The molecular weight excluding hydrogens is 352 g/mol. The zero-order chi connectivity index (χ0) is 19.2. The van der Waals surface area contributed by atoms with E-state index < -0.39 is 0 Å². The number of nitrogens with zero attached hydrogens (tertiary/aromatic N) is 4. The molecule has 4 rings (SSSR count). The lowest BCUT2D eigenvalue weighted by molar-refractivity contribution is 0.239. The van der Waals surface area contributed by atoms with Crippen molar-refractivity contribution in [3.8, 4) is 11.5 Å². The smallest absolute Gasteiger partial charge is 0.145 e. The second-order valence-electron chi connectivity index (χ2n) is 7.12. The summed E-state index contributed by atoms with van der Waals surface area (Å²) in [5.74, 6) is 1.83. The third-order valence-corrected chi connectivity index (χ3v) is 5.31. The maximum atomic E-state index is 5.96. The molecule has 3 aromatic rings. The summed E-state index contributed by atoms with van der Waals surface area (Å²) in [5, 5.41) is 4.24. The van der Waals surface area contributed by atoms with Gasteiger partial charge in [0, 0.05) is 44.1 Å². The summed E-state index contributed by atoms with van der Waals surface area (Å²) in [6, 6.07) is 14.3. The van der Waals surface area contributed by atoms with E-state index in [0.29, 0.717) is 0 Å². The number of benzene rings is 1. The maximum Gasteiger partial charge on any atom is 0.145 e. The van der Waals surface area contributed by atoms with Gasteiger partial charge in [-0.15, -0.1) is 0 Å². The Morgan fingerprint density at radius 2 is 1.89 bits per heavy atom. The van der Waals surface area contributed by atoms with Gasteiger partial charge >= 0.3 is 0 Å². The Labute approximate surface area is 166 Å². The SMILES string of the molecule is COc1cccc(N2CCN(CCCCOc3cccn4nccc34)CC2)c1. The highest BCUT2D eigenvalue weighted by Gasteiger charge is 2.17. The first-order valence-electron chi connectivity index (χ1n) is 10.00. The topological polar surface area (TPSA) is 42.2 Å². The summed E-state index contributed by atoms with van der Waals surface area (Å²) in [6.45, 7) is 6.21. The van der Waals surface area contributed by atoms with Crippen molar-refractivity contribution < 1.29 is 9.47 Å². The van der Waals surface area contributed by atoms with Crippen molar-refractivity contribution in [3.05, 3.63) is 54.9 Å². The number of hydrogen-bond acceptors (Lipinski definition) is 5. The average Bonchev–Trinajstić information content (AvgIpc) is 3.24. The predicted octanol–water partition coefficient (Wildman–Crippen LogP) is 3.32. The van der Waals surface area contributed by atoms with Crippen molar-refractivity contribution in [3.63, 3.8) is 0 Å². The van der Waals surface area contributed by atoms with Gasteiger partial charge in [-0.25, -0.2) is 4.52 Å². The summed E-state index contributed by atoms with van der Waals surface area (Å²) in [7, 11) is 1.72. The molecule has 0 aliphatic carbocycles. The Balaban J connectivity index is 1.16. The molecule has 0 bridgehead atoms. The van der Waals surface area contributed by atoms with Crippen LogP contribution >= 0.6 is 0 Å². The molecule has 1 saturated heterocycles. The molecule has 1 aromatic carbocycles. The Hall–Kier alpha value is -2.73. The van der Waals surface area contributed by atoms with Gasteiger partial charge in [-0.1, -0.05) is 6.07 Å². The molecule has 0 amide bonds. The molecule has 2 aromatic heterocycles. The molecule has 0 N–H and O–H groups in total. The van der Waals surface area contributed by atoms with Crippen molar-refractivity contribution >= 4 is 11.2 Å². The molecule has 0 unspecified atom stereocenters. The number of anilines is 1. The van der Waals surface area contributed by atoms with Crippen molar-refractivity contribution in [2.45, 2.75) is 12.8 Å². The van der Waals surface area contributed by atoms with Crippen LogP contribution in [0.25, 0.3) is 5.52 Å². The van der Waals surface area contributed by atoms with E-state index in [0.717, 1.165) is 69.2 Å². The molecule has 1 aliphatic rings. The first kappa shape index (κ1) is 18.6. The highest BCUT2D eigenvalue weighted by molar-refractivity contribution is 5.58. The van der Waals surface area contributed by atoms with E-state index in [1.54, 1.807) is 13.3 Å². The first-order chi connectivity index (χ1) is 13.8. The molecule has 0 atom stereocenters. The fourth-order valence-corrected chi connectivity index (χ4v) is 3.70. The van der Waals surface area contributed by atoms with Gasteiger partial charge in [-0.2, -0.15) is 5.10 Å². The Morgan fingerprint density at radius 1 is 1.00 bits per heavy atom. The lowest BCUT2D eigenvalue weighted by atomic mass is 10.2. The minimum absolute atomic E-state index is 0.745. The molecule has 1 fully saturated rings. The number of piperazine rings is 1. The van der Waals surface area contributed by atoms with Gasteiger partial charge in [0.1, 0.15) is 17.0 Å². The zero-order valence-electron chi connectivity index (χ0n) is 16.5. The molecule has 148 valence electrons. The number of ether oxygens (including phenoxy) is 2. The number of unbranched alkanes of at least 4 members (excludes halogenated alkanes) is 1. The molecule has 6 heteroatoms. The molecular formula is C22H28N4O2. The Bertz CT molecular complexity index is 887. The Morgan fingerprint density at radius 3 is 2.75 bits per heavy atom. The summed E-state index contributed by atoms with van der Waals surface area (Å²) in [5.41, 5.74) is 2.28. The summed E-state index contributed by atoms with van der Waals surface area (Å²) in [4.78, 5) is 4.99. The van der Waals surface area contributed by atoms with Crippen LogP contribution in [0.15, 0.2) is 54.9 Å². The number of fused-ring (bicyclic) bond motifs is 1. The molecule has 28 heavy (non-hydrogen) atoms. The largest absolute Gasteiger partial charge is 0.497 e. The standard InChI is InChI=1S/C22H28N4O2/c1-27-20-7-4-6-19(18-20)25-15-13-24(14-16-25)11-2-3-17-28-22-8-5-12-26-21(22)9-10-23-26/h4-10,12,18H,2-3,11,13-17H2,1H3. The molecule has 3 heterocycles. The van der Waals surface area contributed by atoms with E-state index in [1.807, 2.05) is 35.0 Å². The second-order valence-corrected chi connectivity index (χ2v) is 7.12. The minimum Gasteiger partial charge on any atom is -0.497 e. The lowest BCUT2D eigenvalue weighted by Gasteiger charge is -2.36. The predicted molar refractivity (Wildman–Crippen MR) is 112 cm³/mol. The maximum absolute atomic E-state index is 5.96. The summed E-state index contributed by atoms with van der Waals surface area (Å²) < 4.78 is 13.1. The van der Waals surface area contributed by atoms with Crippen LogP contribution in [-0.2, 0) is 0 Å². The van der Waals surface area contributed by atoms with Crippen LogP contribution in [0.5, 0.6) is 11.5 Å². The quantitative estimate of drug-likeness (QED) is 0.561. The Kier molecular flexibility index (Phi) is 5.97. The third kappa shape index (κ3) is 4.39. The molecule has 1 aliphatic heterocycles. The lowest BCUT2D eigenvalue weighted by Crippen LogP contribution is -2.46. The summed E-state index contributed by atoms with van der Waals surface area (Å²) >= 11 is 0.